The SMILES string of the molecule is CC(C)CCOCCn1cc(CN)c2ccc(Cl)cc21. The lowest BCUT2D eigenvalue weighted by atomic mass is 10.1. The van der Waals surface area contributed by atoms with Crippen LogP contribution in [-0.2, 0) is 17.8 Å². The van der Waals surface area contributed by atoms with E-state index in [0.717, 1.165) is 35.7 Å². The fraction of sp³-hybridized carbons (Fsp3) is 0.500. The van der Waals surface area contributed by atoms with E-state index in [2.05, 4.69) is 24.6 Å². The van der Waals surface area contributed by atoms with Gasteiger partial charge in [-0.3, -0.25) is 0 Å². The van der Waals surface area contributed by atoms with Gasteiger partial charge in [0.25, 0.3) is 0 Å². The topological polar surface area (TPSA) is 40.2 Å². The van der Waals surface area contributed by atoms with Crippen LogP contribution in [0.1, 0.15) is 25.8 Å². The molecule has 1 heterocycles. The highest BCUT2D eigenvalue weighted by Gasteiger charge is 2.07. The van der Waals surface area contributed by atoms with Gasteiger partial charge in [-0.05, 0) is 30.0 Å². The molecular formula is C16H23ClN2O. The summed E-state index contributed by atoms with van der Waals surface area (Å²) in [5, 5.41) is 1.93. The van der Waals surface area contributed by atoms with Gasteiger partial charge in [-0.2, -0.15) is 0 Å². The number of hydrogen-bond acceptors (Lipinski definition) is 2. The van der Waals surface area contributed by atoms with E-state index in [1.165, 1.54) is 5.39 Å². The Morgan fingerprint density at radius 1 is 1.30 bits per heavy atom. The van der Waals surface area contributed by atoms with E-state index in [1.807, 2.05) is 18.2 Å². The van der Waals surface area contributed by atoms with Crippen molar-refractivity contribution in [2.45, 2.75) is 33.4 Å². The van der Waals surface area contributed by atoms with E-state index >= 15 is 0 Å². The van der Waals surface area contributed by atoms with Gasteiger partial charge >= 0.3 is 0 Å². The minimum atomic E-state index is 0.541. The number of aromatic nitrogens is 1. The van der Waals surface area contributed by atoms with Crippen LogP contribution in [0.15, 0.2) is 24.4 Å². The molecule has 0 aliphatic rings. The summed E-state index contributed by atoms with van der Waals surface area (Å²) >= 11 is 6.09. The number of halogens is 1. The Balaban J connectivity index is 2.04. The third kappa shape index (κ3) is 3.75. The van der Waals surface area contributed by atoms with Crippen LogP contribution in [0, 0.1) is 5.92 Å². The van der Waals surface area contributed by atoms with E-state index in [4.69, 9.17) is 22.1 Å². The van der Waals surface area contributed by atoms with Crippen LogP contribution in [0.4, 0.5) is 0 Å². The van der Waals surface area contributed by atoms with Gasteiger partial charge in [-0.25, -0.2) is 0 Å². The molecule has 1 aromatic heterocycles. The van der Waals surface area contributed by atoms with Crippen LogP contribution in [0.25, 0.3) is 10.9 Å². The Morgan fingerprint density at radius 3 is 2.80 bits per heavy atom. The molecule has 0 bridgehead atoms. The van der Waals surface area contributed by atoms with Crippen LogP contribution in [0.3, 0.4) is 0 Å². The molecule has 4 heteroatoms. The Kier molecular flexibility index (Phi) is 5.46. The molecule has 0 fully saturated rings. The van der Waals surface area contributed by atoms with Crippen molar-refractivity contribution in [2.24, 2.45) is 11.7 Å². The summed E-state index contributed by atoms with van der Waals surface area (Å²) in [7, 11) is 0. The molecule has 0 spiro atoms. The zero-order chi connectivity index (χ0) is 14.5. The molecule has 0 saturated carbocycles. The first-order valence-electron chi connectivity index (χ1n) is 7.17. The highest BCUT2D eigenvalue weighted by Crippen LogP contribution is 2.24. The molecule has 3 nitrogen and oxygen atoms in total. The average Bonchev–Trinajstić information content (AvgIpc) is 2.75. The smallest absolute Gasteiger partial charge is 0.0645 e. The molecule has 0 aliphatic heterocycles. The molecule has 2 rings (SSSR count). The zero-order valence-electron chi connectivity index (χ0n) is 12.2. The lowest BCUT2D eigenvalue weighted by Gasteiger charge is -2.08. The molecular weight excluding hydrogens is 272 g/mol. The third-order valence-corrected chi connectivity index (χ3v) is 3.70. The first kappa shape index (κ1) is 15.4. The van der Waals surface area contributed by atoms with Crippen molar-refractivity contribution in [3.05, 3.63) is 35.0 Å². The molecule has 0 unspecified atom stereocenters. The van der Waals surface area contributed by atoms with Crippen molar-refractivity contribution in [3.63, 3.8) is 0 Å². The van der Waals surface area contributed by atoms with Gasteiger partial charge in [0.2, 0.25) is 0 Å². The molecule has 0 aliphatic carbocycles. The summed E-state index contributed by atoms with van der Waals surface area (Å²) < 4.78 is 7.86. The quantitative estimate of drug-likeness (QED) is 0.789. The predicted octanol–water partition coefficient (Wildman–Crippen LogP) is 3.82. The highest BCUT2D eigenvalue weighted by atomic mass is 35.5. The first-order valence-corrected chi connectivity index (χ1v) is 7.54. The second kappa shape index (κ2) is 7.11. The number of rotatable bonds is 7. The van der Waals surface area contributed by atoms with Gasteiger partial charge in [-0.1, -0.05) is 31.5 Å². The van der Waals surface area contributed by atoms with E-state index in [0.29, 0.717) is 19.1 Å². The Bertz CT molecular complexity index is 563. The molecule has 0 amide bonds. The Labute approximate surface area is 125 Å². The van der Waals surface area contributed by atoms with Crippen LogP contribution in [0.5, 0.6) is 0 Å². The van der Waals surface area contributed by atoms with Crippen molar-refractivity contribution in [3.8, 4) is 0 Å². The summed E-state index contributed by atoms with van der Waals surface area (Å²) in [6, 6.07) is 5.94. The maximum Gasteiger partial charge on any atom is 0.0645 e. The molecule has 0 atom stereocenters. The van der Waals surface area contributed by atoms with Crippen LogP contribution in [-0.4, -0.2) is 17.8 Å². The number of nitrogens with zero attached hydrogens (tertiary/aromatic N) is 1. The lowest BCUT2D eigenvalue weighted by Crippen LogP contribution is -2.07. The number of nitrogens with two attached hydrogens (primary N) is 1. The summed E-state index contributed by atoms with van der Waals surface area (Å²) in [6.45, 7) is 7.32. The molecule has 20 heavy (non-hydrogen) atoms. The van der Waals surface area contributed by atoms with Gasteiger partial charge in [-0.15, -0.1) is 0 Å². The minimum absolute atomic E-state index is 0.541. The standard InChI is InChI=1S/C16H23ClN2O/c1-12(2)5-7-20-8-6-19-11-13(10-18)15-4-3-14(17)9-16(15)19/h3-4,9,11-12H,5-8,10,18H2,1-2H3. The van der Waals surface area contributed by atoms with Crippen LogP contribution >= 0.6 is 11.6 Å². The fourth-order valence-corrected chi connectivity index (χ4v) is 2.44. The summed E-state index contributed by atoms with van der Waals surface area (Å²) in [6.07, 6.45) is 3.21. The molecule has 1 aromatic carbocycles. The van der Waals surface area contributed by atoms with Crippen LogP contribution < -0.4 is 5.73 Å². The minimum Gasteiger partial charge on any atom is -0.380 e. The molecule has 2 N–H and O–H groups in total. The zero-order valence-corrected chi connectivity index (χ0v) is 13.0. The summed E-state index contributed by atoms with van der Waals surface area (Å²) in [5.41, 5.74) is 8.08. The van der Waals surface area contributed by atoms with Crippen LogP contribution in [0.2, 0.25) is 5.02 Å². The monoisotopic (exact) mass is 294 g/mol. The maximum atomic E-state index is 6.09. The van der Waals surface area contributed by atoms with Gasteiger partial charge in [0, 0.05) is 41.8 Å². The van der Waals surface area contributed by atoms with E-state index < -0.39 is 0 Å². The van der Waals surface area contributed by atoms with Crippen molar-refractivity contribution in [2.75, 3.05) is 13.2 Å². The third-order valence-electron chi connectivity index (χ3n) is 3.46. The van der Waals surface area contributed by atoms with E-state index in [9.17, 15) is 0 Å². The molecule has 0 saturated heterocycles. The van der Waals surface area contributed by atoms with Crippen molar-refractivity contribution in [1.82, 2.24) is 4.57 Å². The number of fused-ring (bicyclic) bond motifs is 1. The largest absolute Gasteiger partial charge is 0.380 e. The predicted molar refractivity (Wildman–Crippen MR) is 85.1 cm³/mol. The van der Waals surface area contributed by atoms with Crippen molar-refractivity contribution >= 4 is 22.5 Å². The number of ether oxygens (including phenoxy) is 1. The van der Waals surface area contributed by atoms with E-state index in [1.54, 1.807) is 0 Å². The Morgan fingerprint density at radius 2 is 2.10 bits per heavy atom. The number of benzene rings is 1. The van der Waals surface area contributed by atoms with E-state index in [-0.39, 0.29) is 0 Å². The maximum absolute atomic E-state index is 6.09. The molecule has 0 radical (unpaired) electrons. The molecule has 110 valence electrons. The second-order valence-corrected chi connectivity index (χ2v) is 5.94. The summed E-state index contributed by atoms with van der Waals surface area (Å²) in [4.78, 5) is 0. The average molecular weight is 295 g/mol. The normalized spacial score (nSPS) is 11.7. The summed E-state index contributed by atoms with van der Waals surface area (Å²) in [5.74, 6) is 0.685. The van der Waals surface area contributed by atoms with Gasteiger partial charge < -0.3 is 15.0 Å². The van der Waals surface area contributed by atoms with Gasteiger partial charge in [0.15, 0.2) is 0 Å². The van der Waals surface area contributed by atoms with Gasteiger partial charge in [0.05, 0.1) is 6.61 Å². The van der Waals surface area contributed by atoms with Crippen molar-refractivity contribution in [1.29, 1.82) is 0 Å². The number of hydrogen-bond donors (Lipinski definition) is 1. The fourth-order valence-electron chi connectivity index (χ4n) is 2.27. The van der Waals surface area contributed by atoms with Crippen molar-refractivity contribution < 1.29 is 4.74 Å². The first-order chi connectivity index (χ1) is 9.61. The molecule has 2 aromatic rings. The Hall–Kier alpha value is -1.03. The second-order valence-electron chi connectivity index (χ2n) is 5.51. The van der Waals surface area contributed by atoms with Gasteiger partial charge in [0.1, 0.15) is 0 Å². The lowest BCUT2D eigenvalue weighted by molar-refractivity contribution is 0.117. The highest BCUT2D eigenvalue weighted by molar-refractivity contribution is 6.31.